The molecule has 0 aliphatic rings. The van der Waals surface area contributed by atoms with Crippen LogP contribution in [0.3, 0.4) is 0 Å². The molecule has 0 saturated heterocycles. The molecule has 0 radical (unpaired) electrons. The van der Waals surface area contributed by atoms with Crippen LogP contribution in [-0.4, -0.2) is 76.9 Å². The highest BCUT2D eigenvalue weighted by Crippen LogP contribution is 2.29. The van der Waals surface area contributed by atoms with Gasteiger partial charge in [-0.25, -0.2) is 4.79 Å². The second-order valence-electron chi connectivity index (χ2n) is 9.13. The largest absolute Gasteiger partial charge is 0.508 e. The first kappa shape index (κ1) is 29.7. The van der Waals surface area contributed by atoms with Crippen molar-refractivity contribution in [2.75, 3.05) is 20.3 Å². The van der Waals surface area contributed by atoms with Gasteiger partial charge in [0.15, 0.2) is 0 Å². The molecule has 1 aromatic rings. The number of alkyl carbamates (subject to hydrolysis) is 1. The Balaban J connectivity index is 3.47. The van der Waals surface area contributed by atoms with Crippen molar-refractivity contribution in [3.8, 4) is 5.75 Å². The summed E-state index contributed by atoms with van der Waals surface area (Å²) in [5.41, 5.74) is 0.00401. The number of ether oxygens (including phenoxy) is 2. The van der Waals surface area contributed by atoms with Crippen LogP contribution in [0, 0.1) is 6.92 Å². The van der Waals surface area contributed by atoms with E-state index in [1.54, 1.807) is 40.7 Å². The van der Waals surface area contributed by atoms with E-state index in [9.17, 15) is 29.4 Å². The number of phenolic OH excluding ortho intramolecular Hbond substituents is 1. The molecule has 0 heterocycles. The minimum absolute atomic E-state index is 0.00344. The predicted molar refractivity (Wildman–Crippen MR) is 127 cm³/mol. The highest BCUT2D eigenvalue weighted by atomic mass is 16.6. The van der Waals surface area contributed by atoms with Gasteiger partial charge < -0.3 is 35.2 Å². The fraction of sp³-hybridized carbons (Fsp3) is 0.583. The number of nitrogens with zero attached hydrogens (tertiary/aromatic N) is 1. The highest BCUT2D eigenvalue weighted by Gasteiger charge is 2.38. The summed E-state index contributed by atoms with van der Waals surface area (Å²) in [6, 6.07) is 1.29. The lowest BCUT2D eigenvalue weighted by Gasteiger charge is -2.38. The Kier molecular flexibility index (Phi) is 11.0. The quantitative estimate of drug-likeness (QED) is 0.356. The van der Waals surface area contributed by atoms with Crippen molar-refractivity contribution in [2.24, 2.45) is 0 Å². The van der Waals surface area contributed by atoms with Crippen molar-refractivity contribution in [2.45, 2.75) is 71.7 Å². The molecule has 11 heteroatoms. The summed E-state index contributed by atoms with van der Waals surface area (Å²) in [6.45, 7) is 8.96. The molecule has 0 fully saturated rings. The maximum Gasteiger partial charge on any atom is 0.408 e. The van der Waals surface area contributed by atoms with Crippen molar-refractivity contribution in [1.82, 2.24) is 15.5 Å². The number of esters is 1. The third-order valence-corrected chi connectivity index (χ3v) is 5.19. The minimum atomic E-state index is -1.40. The Hall–Kier alpha value is -3.34. The molecule has 1 aromatic carbocycles. The Morgan fingerprint density at radius 1 is 1.17 bits per heavy atom. The molecule has 0 spiro atoms. The summed E-state index contributed by atoms with van der Waals surface area (Å²) in [6.07, 6.45) is -0.463. The summed E-state index contributed by atoms with van der Waals surface area (Å²) in [4.78, 5) is 52.1. The number of carbonyl (C=O) groups is 4. The molecule has 196 valence electrons. The van der Waals surface area contributed by atoms with Crippen LogP contribution in [0.5, 0.6) is 5.75 Å². The zero-order valence-electron chi connectivity index (χ0n) is 21.4. The van der Waals surface area contributed by atoms with Gasteiger partial charge in [-0.05, 0) is 64.3 Å². The summed E-state index contributed by atoms with van der Waals surface area (Å²) in [5, 5.41) is 24.7. The van der Waals surface area contributed by atoms with E-state index < -0.39 is 60.8 Å². The van der Waals surface area contributed by atoms with Crippen LogP contribution in [-0.2, 0) is 23.9 Å². The third-order valence-electron chi connectivity index (χ3n) is 5.19. The molecule has 4 N–H and O–H groups in total. The first-order chi connectivity index (χ1) is 16.2. The monoisotopic (exact) mass is 495 g/mol. The molecular weight excluding hydrogens is 458 g/mol. The minimum Gasteiger partial charge on any atom is -0.508 e. The van der Waals surface area contributed by atoms with E-state index >= 15 is 0 Å². The molecule has 0 aromatic heterocycles. The third kappa shape index (κ3) is 8.75. The fourth-order valence-electron chi connectivity index (χ4n) is 3.23. The molecule has 0 aliphatic carbocycles. The smallest absolute Gasteiger partial charge is 0.408 e. The number of amides is 3. The molecule has 0 aliphatic heterocycles. The summed E-state index contributed by atoms with van der Waals surface area (Å²) in [7, 11) is 1.18. The van der Waals surface area contributed by atoms with Crippen LogP contribution in [0.25, 0.3) is 0 Å². The number of carbonyl (C=O) groups excluding carboxylic acids is 4. The Bertz CT molecular complexity index is 913. The number of hydrogen-bond acceptors (Lipinski definition) is 8. The first-order valence-corrected chi connectivity index (χ1v) is 11.3. The standard InChI is InChI=1S/C24H37N3O8/c1-8-15(3)27(22(32)17(13-28)26-23(33)35-24(4,5)6)20(21(31)25-12-19(30)34-7)16-9-10-18(29)14(2)11-16/h9-11,15,17,20,28-29H,8,12-13H2,1-7H3,(H,25,31)(H,26,33). The maximum atomic E-state index is 13.6. The van der Waals surface area contributed by atoms with Gasteiger partial charge in [-0.2, -0.15) is 0 Å². The van der Waals surface area contributed by atoms with Crippen molar-refractivity contribution >= 4 is 23.9 Å². The van der Waals surface area contributed by atoms with Gasteiger partial charge in [-0.3, -0.25) is 14.4 Å². The lowest BCUT2D eigenvalue weighted by molar-refractivity contribution is -0.147. The van der Waals surface area contributed by atoms with Crippen molar-refractivity contribution in [3.63, 3.8) is 0 Å². The summed E-state index contributed by atoms with van der Waals surface area (Å²) < 4.78 is 9.77. The molecule has 0 bridgehead atoms. The van der Waals surface area contributed by atoms with Crippen molar-refractivity contribution in [1.29, 1.82) is 0 Å². The van der Waals surface area contributed by atoms with Crippen molar-refractivity contribution < 1.29 is 38.9 Å². The number of methoxy groups -OCH3 is 1. The molecule has 1 rings (SSSR count). The second-order valence-corrected chi connectivity index (χ2v) is 9.13. The van der Waals surface area contributed by atoms with Gasteiger partial charge in [0.1, 0.15) is 30.0 Å². The van der Waals surface area contributed by atoms with Gasteiger partial charge in [-0.15, -0.1) is 0 Å². The van der Waals surface area contributed by atoms with Gasteiger partial charge in [0.05, 0.1) is 13.7 Å². The lowest BCUT2D eigenvalue weighted by atomic mass is 9.98. The zero-order chi connectivity index (χ0) is 26.9. The summed E-state index contributed by atoms with van der Waals surface area (Å²) >= 11 is 0. The van der Waals surface area contributed by atoms with E-state index in [0.717, 1.165) is 0 Å². The number of aryl methyl sites for hydroxylation is 1. The Morgan fingerprint density at radius 2 is 1.80 bits per heavy atom. The number of hydrogen-bond donors (Lipinski definition) is 4. The molecular formula is C24H37N3O8. The predicted octanol–water partition coefficient (Wildman–Crippen LogP) is 1.54. The molecule has 3 amide bonds. The van der Waals surface area contributed by atoms with E-state index in [1.165, 1.54) is 24.1 Å². The van der Waals surface area contributed by atoms with Crippen LogP contribution in [0.2, 0.25) is 0 Å². The van der Waals surface area contributed by atoms with Crippen LogP contribution in [0.15, 0.2) is 18.2 Å². The number of aliphatic hydroxyl groups excluding tert-OH is 1. The molecule has 3 unspecified atom stereocenters. The fourth-order valence-corrected chi connectivity index (χ4v) is 3.23. The SMILES string of the molecule is CCC(C)N(C(=O)C(CO)NC(=O)OC(C)(C)C)C(C(=O)NCC(=O)OC)c1ccc(O)c(C)c1. The van der Waals surface area contributed by atoms with Crippen molar-refractivity contribution in [3.05, 3.63) is 29.3 Å². The maximum absolute atomic E-state index is 13.6. The number of aliphatic hydroxyl groups is 1. The second kappa shape index (κ2) is 12.9. The average molecular weight is 496 g/mol. The summed E-state index contributed by atoms with van der Waals surface area (Å²) in [5.74, 6) is -2.08. The molecule has 0 saturated carbocycles. The van der Waals surface area contributed by atoms with Gasteiger partial charge >= 0.3 is 12.1 Å². The number of phenols is 1. The number of nitrogens with one attached hydrogen (secondary N) is 2. The average Bonchev–Trinajstić information content (AvgIpc) is 2.78. The van der Waals surface area contributed by atoms with E-state index in [4.69, 9.17) is 4.74 Å². The topological polar surface area (TPSA) is 154 Å². The van der Waals surface area contributed by atoms with Gasteiger partial charge in [0.25, 0.3) is 0 Å². The van der Waals surface area contributed by atoms with Crippen LogP contribution in [0.4, 0.5) is 4.79 Å². The number of rotatable bonds is 10. The molecule has 3 atom stereocenters. The van der Waals surface area contributed by atoms with Crippen LogP contribution < -0.4 is 10.6 Å². The number of benzene rings is 1. The van der Waals surface area contributed by atoms with E-state index in [2.05, 4.69) is 15.4 Å². The van der Waals surface area contributed by atoms with Gasteiger partial charge in [0, 0.05) is 6.04 Å². The van der Waals surface area contributed by atoms with E-state index in [1.807, 2.05) is 6.92 Å². The molecule has 35 heavy (non-hydrogen) atoms. The zero-order valence-corrected chi connectivity index (χ0v) is 21.4. The lowest BCUT2D eigenvalue weighted by Crippen LogP contribution is -2.56. The van der Waals surface area contributed by atoms with Crippen LogP contribution in [0.1, 0.15) is 58.2 Å². The Morgan fingerprint density at radius 3 is 2.29 bits per heavy atom. The van der Waals surface area contributed by atoms with Crippen LogP contribution >= 0.6 is 0 Å². The first-order valence-electron chi connectivity index (χ1n) is 11.3. The molecule has 11 nitrogen and oxygen atoms in total. The highest BCUT2D eigenvalue weighted by molar-refractivity contribution is 5.93. The number of aromatic hydroxyl groups is 1. The van der Waals surface area contributed by atoms with Gasteiger partial charge in [-0.1, -0.05) is 13.0 Å². The van der Waals surface area contributed by atoms with Gasteiger partial charge in [0.2, 0.25) is 11.8 Å². The normalized spacial score (nSPS) is 13.7. The Labute approximate surface area is 205 Å². The van der Waals surface area contributed by atoms with E-state index in [0.29, 0.717) is 17.5 Å². The van der Waals surface area contributed by atoms with E-state index in [-0.39, 0.29) is 5.75 Å².